The van der Waals surface area contributed by atoms with Crippen LogP contribution >= 0.6 is 0 Å². The smallest absolute Gasteiger partial charge is 0.132 e. The van der Waals surface area contributed by atoms with Gasteiger partial charge in [0.2, 0.25) is 0 Å². The third-order valence-corrected chi connectivity index (χ3v) is 2.42. The zero-order valence-electron chi connectivity index (χ0n) is 9.22. The number of aliphatic hydroxyl groups excluding tert-OH is 1. The van der Waals surface area contributed by atoms with E-state index < -0.39 is 0 Å². The first kappa shape index (κ1) is 10.8. The molecule has 1 aromatic heterocycles. The number of hydrogen-bond donors (Lipinski definition) is 1. The molecular weight excluding hydrogens is 200 g/mol. The fourth-order valence-corrected chi connectivity index (χ4v) is 1.44. The zero-order chi connectivity index (χ0) is 11.4. The van der Waals surface area contributed by atoms with Crippen molar-refractivity contribution in [3.05, 3.63) is 59.2 Å². The topological polar surface area (TPSA) is 46.0 Å². The van der Waals surface area contributed by atoms with Gasteiger partial charge in [0.05, 0.1) is 6.61 Å². The molecule has 16 heavy (non-hydrogen) atoms. The molecule has 2 rings (SSSR count). The van der Waals surface area contributed by atoms with Crippen molar-refractivity contribution in [2.75, 3.05) is 0 Å². The van der Waals surface area contributed by atoms with Crippen LogP contribution in [-0.2, 0) is 13.0 Å². The monoisotopic (exact) mass is 214 g/mol. The van der Waals surface area contributed by atoms with Crippen LogP contribution in [0.1, 0.15) is 22.5 Å². The summed E-state index contributed by atoms with van der Waals surface area (Å²) in [7, 11) is 0. The van der Waals surface area contributed by atoms with E-state index in [1.807, 2.05) is 0 Å². The predicted molar refractivity (Wildman–Crippen MR) is 61.9 cm³/mol. The quantitative estimate of drug-likeness (QED) is 0.848. The first-order valence-corrected chi connectivity index (χ1v) is 5.24. The predicted octanol–water partition coefficient (Wildman–Crippen LogP) is 1.87. The van der Waals surface area contributed by atoms with E-state index in [2.05, 4.69) is 41.2 Å². The van der Waals surface area contributed by atoms with Crippen molar-refractivity contribution in [3.8, 4) is 0 Å². The second-order valence-corrected chi connectivity index (χ2v) is 3.83. The Morgan fingerprint density at radius 3 is 2.19 bits per heavy atom. The molecule has 0 spiro atoms. The molecule has 0 atom stereocenters. The van der Waals surface area contributed by atoms with Gasteiger partial charge in [0.15, 0.2) is 0 Å². The van der Waals surface area contributed by atoms with Crippen LogP contribution < -0.4 is 0 Å². The summed E-state index contributed by atoms with van der Waals surface area (Å²) >= 11 is 0. The number of aryl methyl sites for hydroxylation is 1. The molecule has 1 aromatic carbocycles. The molecule has 0 radical (unpaired) electrons. The molecule has 0 aliphatic carbocycles. The molecule has 0 bridgehead atoms. The molecule has 0 fully saturated rings. The molecule has 0 aliphatic heterocycles. The number of hydrogen-bond acceptors (Lipinski definition) is 3. The van der Waals surface area contributed by atoms with Gasteiger partial charge in [-0.05, 0) is 12.5 Å². The molecule has 0 saturated carbocycles. The molecule has 3 nitrogen and oxygen atoms in total. The van der Waals surface area contributed by atoms with E-state index in [1.54, 1.807) is 12.4 Å². The van der Waals surface area contributed by atoms with E-state index >= 15 is 0 Å². The first-order valence-electron chi connectivity index (χ1n) is 5.24. The van der Waals surface area contributed by atoms with Gasteiger partial charge in [0, 0.05) is 24.4 Å². The Morgan fingerprint density at radius 1 is 1.00 bits per heavy atom. The van der Waals surface area contributed by atoms with Crippen molar-refractivity contribution in [2.24, 2.45) is 0 Å². The maximum Gasteiger partial charge on any atom is 0.132 e. The van der Waals surface area contributed by atoms with Crippen LogP contribution in [0, 0.1) is 6.92 Å². The molecule has 2 aromatic rings. The molecule has 3 heteroatoms. The van der Waals surface area contributed by atoms with Crippen molar-refractivity contribution < 1.29 is 5.11 Å². The van der Waals surface area contributed by atoms with Crippen molar-refractivity contribution in [1.29, 1.82) is 0 Å². The second kappa shape index (κ2) is 4.86. The van der Waals surface area contributed by atoms with Crippen molar-refractivity contribution in [3.63, 3.8) is 0 Å². The lowest BCUT2D eigenvalue weighted by Crippen LogP contribution is -1.97. The number of benzene rings is 1. The largest absolute Gasteiger partial charge is 0.392 e. The van der Waals surface area contributed by atoms with E-state index in [9.17, 15) is 0 Å². The summed E-state index contributed by atoms with van der Waals surface area (Å²) in [5, 5.41) is 8.87. The average Bonchev–Trinajstić information content (AvgIpc) is 2.33. The van der Waals surface area contributed by atoms with Crippen molar-refractivity contribution in [1.82, 2.24) is 9.97 Å². The second-order valence-electron chi connectivity index (χ2n) is 3.83. The minimum absolute atomic E-state index is 0.00912. The molecule has 82 valence electrons. The van der Waals surface area contributed by atoms with E-state index in [0.717, 1.165) is 17.8 Å². The Labute approximate surface area is 94.8 Å². The summed E-state index contributed by atoms with van der Waals surface area (Å²) < 4.78 is 0. The summed E-state index contributed by atoms with van der Waals surface area (Å²) in [5.74, 6) is 0.779. The lowest BCUT2D eigenvalue weighted by Gasteiger charge is -2.01. The minimum atomic E-state index is -0.00912. The van der Waals surface area contributed by atoms with Crippen LogP contribution in [0.5, 0.6) is 0 Å². The maximum absolute atomic E-state index is 8.87. The van der Waals surface area contributed by atoms with Gasteiger partial charge in [-0.25, -0.2) is 9.97 Å². The summed E-state index contributed by atoms with van der Waals surface area (Å²) in [5.41, 5.74) is 3.19. The molecule has 0 saturated heterocycles. The standard InChI is InChI=1S/C13H14N2O/c1-10-2-4-11(5-3-10)6-13-14-7-12(9-16)8-15-13/h2-5,7-8,16H,6,9H2,1H3. The van der Waals surface area contributed by atoms with Gasteiger partial charge in [-0.1, -0.05) is 29.8 Å². The minimum Gasteiger partial charge on any atom is -0.392 e. The lowest BCUT2D eigenvalue weighted by molar-refractivity contribution is 0.280. The summed E-state index contributed by atoms with van der Waals surface area (Å²) in [6.45, 7) is 2.06. The molecule has 0 unspecified atom stereocenters. The molecule has 0 amide bonds. The highest BCUT2D eigenvalue weighted by atomic mass is 16.3. The highest BCUT2D eigenvalue weighted by molar-refractivity contribution is 5.23. The van der Waals surface area contributed by atoms with Crippen molar-refractivity contribution in [2.45, 2.75) is 20.0 Å². The van der Waals surface area contributed by atoms with Crippen LogP contribution in [-0.4, -0.2) is 15.1 Å². The van der Waals surface area contributed by atoms with Crippen molar-refractivity contribution >= 4 is 0 Å². The number of nitrogens with zero attached hydrogens (tertiary/aromatic N) is 2. The Bertz CT molecular complexity index is 448. The average molecular weight is 214 g/mol. The summed E-state index contributed by atoms with van der Waals surface area (Å²) in [4.78, 5) is 8.39. The van der Waals surface area contributed by atoms with Gasteiger partial charge >= 0.3 is 0 Å². The van der Waals surface area contributed by atoms with E-state index in [1.165, 1.54) is 11.1 Å². The van der Waals surface area contributed by atoms with Gasteiger partial charge in [-0.15, -0.1) is 0 Å². The fraction of sp³-hybridized carbons (Fsp3) is 0.231. The Kier molecular flexibility index (Phi) is 3.27. The normalized spacial score (nSPS) is 10.4. The lowest BCUT2D eigenvalue weighted by atomic mass is 10.1. The Morgan fingerprint density at radius 2 is 1.62 bits per heavy atom. The van der Waals surface area contributed by atoms with Gasteiger partial charge < -0.3 is 5.11 Å². The number of aromatic nitrogens is 2. The SMILES string of the molecule is Cc1ccc(Cc2ncc(CO)cn2)cc1. The number of rotatable bonds is 3. The van der Waals surface area contributed by atoms with E-state index in [-0.39, 0.29) is 6.61 Å². The van der Waals surface area contributed by atoms with Gasteiger partial charge in [0.1, 0.15) is 5.82 Å². The molecule has 0 aliphatic rings. The Hall–Kier alpha value is -1.74. The van der Waals surface area contributed by atoms with Gasteiger partial charge in [-0.3, -0.25) is 0 Å². The van der Waals surface area contributed by atoms with E-state index in [4.69, 9.17) is 5.11 Å². The third kappa shape index (κ3) is 2.64. The molecule has 1 heterocycles. The zero-order valence-corrected chi connectivity index (χ0v) is 9.22. The van der Waals surface area contributed by atoms with Crippen LogP contribution in [0.4, 0.5) is 0 Å². The molecule has 1 N–H and O–H groups in total. The fourth-order valence-electron chi connectivity index (χ4n) is 1.44. The van der Waals surface area contributed by atoms with Crippen LogP contribution in [0.15, 0.2) is 36.7 Å². The third-order valence-electron chi connectivity index (χ3n) is 2.42. The van der Waals surface area contributed by atoms with Crippen LogP contribution in [0.25, 0.3) is 0 Å². The Balaban J connectivity index is 2.11. The van der Waals surface area contributed by atoms with E-state index in [0.29, 0.717) is 0 Å². The van der Waals surface area contributed by atoms with Crippen LogP contribution in [0.2, 0.25) is 0 Å². The molecular formula is C13H14N2O. The first-order chi connectivity index (χ1) is 7.78. The highest BCUT2D eigenvalue weighted by Gasteiger charge is 1.99. The maximum atomic E-state index is 8.87. The number of aliphatic hydroxyl groups is 1. The summed E-state index contributed by atoms with van der Waals surface area (Å²) in [6, 6.07) is 8.33. The van der Waals surface area contributed by atoms with Gasteiger partial charge in [-0.2, -0.15) is 0 Å². The highest BCUT2D eigenvalue weighted by Crippen LogP contribution is 2.07. The summed E-state index contributed by atoms with van der Waals surface area (Å²) in [6.07, 6.45) is 4.05. The van der Waals surface area contributed by atoms with Gasteiger partial charge in [0.25, 0.3) is 0 Å². The van der Waals surface area contributed by atoms with Crippen LogP contribution in [0.3, 0.4) is 0 Å².